The fourth-order valence-electron chi connectivity index (χ4n) is 4.42. The molecule has 8 nitrogen and oxygen atoms in total. The lowest BCUT2D eigenvalue weighted by Gasteiger charge is -2.16. The van der Waals surface area contributed by atoms with Crippen LogP contribution in [0.2, 0.25) is 5.02 Å². The van der Waals surface area contributed by atoms with Crippen molar-refractivity contribution < 1.29 is 22.6 Å². The summed E-state index contributed by atoms with van der Waals surface area (Å²) in [7, 11) is 1.84. The normalized spacial score (nSPS) is 11.7. The Balaban J connectivity index is 1.53. The Morgan fingerprint density at radius 1 is 1.15 bits per heavy atom. The smallest absolute Gasteiger partial charge is 0.421 e. The SMILES string of the molecule is Cc1cc(-c2ccnn2C)c2cccc(OCc3c(Cl)cc[n+]([O-])c3Cn3cccc(C(F)(F)F)c3=O)c2n1. The van der Waals surface area contributed by atoms with Gasteiger partial charge >= 0.3 is 6.18 Å². The number of hydrogen-bond donors (Lipinski definition) is 0. The minimum atomic E-state index is -4.83. The highest BCUT2D eigenvalue weighted by molar-refractivity contribution is 6.31. The Morgan fingerprint density at radius 2 is 1.95 bits per heavy atom. The number of fused-ring (bicyclic) bond motifs is 1. The molecule has 0 aliphatic rings. The van der Waals surface area contributed by atoms with Crippen LogP contribution in [0.1, 0.15) is 22.5 Å². The van der Waals surface area contributed by atoms with Gasteiger partial charge in [0, 0.05) is 42.2 Å². The molecule has 0 aliphatic heterocycles. The highest BCUT2D eigenvalue weighted by Gasteiger charge is 2.34. The molecule has 0 atom stereocenters. The molecule has 5 rings (SSSR count). The van der Waals surface area contributed by atoms with Gasteiger partial charge in [0.15, 0.2) is 6.20 Å². The van der Waals surface area contributed by atoms with Crippen LogP contribution in [0, 0.1) is 12.1 Å². The van der Waals surface area contributed by atoms with Crippen LogP contribution in [0.25, 0.3) is 22.2 Å². The van der Waals surface area contributed by atoms with Crippen LogP contribution in [0.3, 0.4) is 0 Å². The van der Waals surface area contributed by atoms with Gasteiger partial charge in [0.25, 0.3) is 5.56 Å². The fourth-order valence-corrected chi connectivity index (χ4v) is 4.64. The lowest BCUT2D eigenvalue weighted by molar-refractivity contribution is -0.614. The molecule has 5 aromatic rings. The van der Waals surface area contributed by atoms with Crippen LogP contribution >= 0.6 is 11.6 Å². The van der Waals surface area contributed by atoms with Gasteiger partial charge in [0.05, 0.1) is 16.3 Å². The summed E-state index contributed by atoms with van der Waals surface area (Å²) in [5, 5.41) is 17.9. The van der Waals surface area contributed by atoms with Crippen LogP contribution in [0.15, 0.2) is 71.9 Å². The molecule has 0 fully saturated rings. The second-order valence-electron chi connectivity index (χ2n) is 8.86. The molecule has 0 saturated heterocycles. The van der Waals surface area contributed by atoms with Gasteiger partial charge in [-0.05, 0) is 37.3 Å². The highest BCUT2D eigenvalue weighted by Crippen LogP contribution is 2.34. The summed E-state index contributed by atoms with van der Waals surface area (Å²) in [4.78, 5) is 17.1. The summed E-state index contributed by atoms with van der Waals surface area (Å²) in [6, 6.07) is 12.4. The Labute approximate surface area is 225 Å². The maximum Gasteiger partial charge on any atom is 0.421 e. The third-order valence-electron chi connectivity index (χ3n) is 6.30. The molecule has 39 heavy (non-hydrogen) atoms. The number of rotatable bonds is 6. The maximum absolute atomic E-state index is 13.3. The molecule has 200 valence electrons. The first-order valence-electron chi connectivity index (χ1n) is 11.7. The van der Waals surface area contributed by atoms with E-state index in [1.54, 1.807) is 23.0 Å². The molecule has 0 saturated carbocycles. The van der Waals surface area contributed by atoms with Gasteiger partial charge in [-0.15, -0.1) is 0 Å². The molecular weight excluding hydrogens is 535 g/mol. The zero-order valence-electron chi connectivity index (χ0n) is 20.7. The number of benzene rings is 1. The third-order valence-corrected chi connectivity index (χ3v) is 6.66. The molecule has 0 spiro atoms. The van der Waals surface area contributed by atoms with Crippen LogP contribution < -0.4 is 15.0 Å². The van der Waals surface area contributed by atoms with Crippen LogP contribution in [-0.4, -0.2) is 19.3 Å². The third kappa shape index (κ3) is 5.05. The Kier molecular flexibility index (Phi) is 6.77. The van der Waals surface area contributed by atoms with Crippen molar-refractivity contribution in [3.8, 4) is 17.0 Å². The van der Waals surface area contributed by atoms with Gasteiger partial charge in [-0.1, -0.05) is 23.7 Å². The number of para-hydroxylation sites is 1. The van der Waals surface area contributed by atoms with Crippen molar-refractivity contribution in [3.05, 3.63) is 110 Å². The summed E-state index contributed by atoms with van der Waals surface area (Å²) >= 11 is 6.41. The minimum absolute atomic E-state index is 0.0242. The van der Waals surface area contributed by atoms with E-state index in [9.17, 15) is 23.2 Å². The first-order chi connectivity index (χ1) is 18.5. The maximum atomic E-state index is 13.3. The number of aromatic nitrogens is 5. The van der Waals surface area contributed by atoms with E-state index in [1.165, 1.54) is 12.3 Å². The molecule has 0 unspecified atom stereocenters. The molecule has 0 radical (unpaired) electrons. The van der Waals surface area contributed by atoms with Gasteiger partial charge in [-0.2, -0.15) is 23.0 Å². The van der Waals surface area contributed by atoms with Crippen LogP contribution in [0.4, 0.5) is 13.2 Å². The Bertz CT molecular complexity index is 1760. The molecule has 0 bridgehead atoms. The van der Waals surface area contributed by atoms with Crippen LogP contribution in [-0.2, 0) is 26.4 Å². The van der Waals surface area contributed by atoms with Gasteiger partial charge in [0.2, 0.25) is 5.69 Å². The molecule has 0 N–H and O–H groups in total. The predicted molar refractivity (Wildman–Crippen MR) is 138 cm³/mol. The van der Waals surface area contributed by atoms with E-state index in [-0.39, 0.29) is 22.9 Å². The molecular formula is C27H21ClF3N5O3. The number of alkyl halides is 3. The summed E-state index contributed by atoms with van der Waals surface area (Å²) in [5.41, 5.74) is 0.717. The number of hydrogen-bond acceptors (Lipinski definition) is 5. The summed E-state index contributed by atoms with van der Waals surface area (Å²) in [6.45, 7) is 1.22. The van der Waals surface area contributed by atoms with Gasteiger partial charge < -0.3 is 14.5 Å². The van der Waals surface area contributed by atoms with Crippen molar-refractivity contribution in [2.45, 2.75) is 26.3 Å². The van der Waals surface area contributed by atoms with Crippen molar-refractivity contribution >= 4 is 22.5 Å². The first kappa shape index (κ1) is 26.2. The van der Waals surface area contributed by atoms with Crippen molar-refractivity contribution in [2.24, 2.45) is 7.05 Å². The highest BCUT2D eigenvalue weighted by atomic mass is 35.5. The largest absolute Gasteiger partial charge is 0.618 e. The van der Waals surface area contributed by atoms with E-state index in [4.69, 9.17) is 16.3 Å². The van der Waals surface area contributed by atoms with Crippen molar-refractivity contribution in [1.29, 1.82) is 0 Å². The summed E-state index contributed by atoms with van der Waals surface area (Å²) in [6.07, 6.45) is -0.824. The lowest BCUT2D eigenvalue weighted by atomic mass is 10.0. The average Bonchev–Trinajstić information content (AvgIpc) is 3.31. The molecule has 1 aromatic carbocycles. The standard InChI is InChI=1S/C27H21ClF3N5O3/c1-16-13-18(22-8-10-32-34(22)2)17-5-3-7-24(25(17)33-16)39-15-19-21(28)9-12-36(38)23(19)14-35-11-4-6-20(26(35)37)27(29,30)31/h3-13H,14-15H2,1-2H3. The van der Waals surface area contributed by atoms with E-state index < -0.39 is 23.8 Å². The van der Waals surface area contributed by atoms with Crippen molar-refractivity contribution in [2.75, 3.05) is 0 Å². The van der Waals surface area contributed by atoms with Crippen molar-refractivity contribution in [3.63, 3.8) is 0 Å². The lowest BCUT2D eigenvalue weighted by Crippen LogP contribution is -2.37. The molecule has 4 heterocycles. The summed E-state index contributed by atoms with van der Waals surface area (Å²) in [5.74, 6) is 0.416. The van der Waals surface area contributed by atoms with E-state index in [0.717, 1.165) is 39.2 Å². The van der Waals surface area contributed by atoms with E-state index in [2.05, 4.69) is 10.1 Å². The monoisotopic (exact) mass is 555 g/mol. The number of nitrogens with zero attached hydrogens (tertiary/aromatic N) is 5. The second-order valence-corrected chi connectivity index (χ2v) is 9.27. The topological polar surface area (TPSA) is 88.9 Å². The van der Waals surface area contributed by atoms with E-state index in [0.29, 0.717) is 22.1 Å². The van der Waals surface area contributed by atoms with E-state index in [1.807, 2.05) is 32.2 Å². The van der Waals surface area contributed by atoms with Gasteiger partial charge in [-0.3, -0.25) is 9.48 Å². The predicted octanol–water partition coefficient (Wildman–Crippen LogP) is 5.04. The number of pyridine rings is 3. The number of ether oxygens (including phenoxy) is 1. The molecule has 4 aromatic heterocycles. The average molecular weight is 556 g/mol. The summed E-state index contributed by atoms with van der Waals surface area (Å²) < 4.78 is 48.9. The van der Waals surface area contributed by atoms with E-state index >= 15 is 0 Å². The molecule has 12 heteroatoms. The minimum Gasteiger partial charge on any atom is -0.618 e. The Hall–Kier alpha value is -4.38. The fraction of sp³-hybridized carbons (Fsp3) is 0.185. The molecule has 0 aliphatic carbocycles. The van der Waals surface area contributed by atoms with Gasteiger partial charge in [0.1, 0.15) is 30.0 Å². The second kappa shape index (κ2) is 10.1. The van der Waals surface area contributed by atoms with Crippen molar-refractivity contribution in [1.82, 2.24) is 19.3 Å². The zero-order chi connectivity index (χ0) is 27.9. The first-order valence-corrected chi connectivity index (χ1v) is 12.1. The molecule has 0 amide bonds. The van der Waals surface area contributed by atoms with Gasteiger partial charge in [-0.25, -0.2) is 4.98 Å². The number of aryl methyl sites for hydroxylation is 2. The quantitative estimate of drug-likeness (QED) is 0.216. The Morgan fingerprint density at radius 3 is 2.67 bits per heavy atom. The number of halogens is 4. The zero-order valence-corrected chi connectivity index (χ0v) is 21.5. The van der Waals surface area contributed by atoms with Crippen LogP contribution in [0.5, 0.6) is 5.75 Å².